The van der Waals surface area contributed by atoms with Crippen LogP contribution in [0.2, 0.25) is 0 Å². The van der Waals surface area contributed by atoms with Crippen LogP contribution in [0.15, 0.2) is 0 Å². The van der Waals surface area contributed by atoms with Gasteiger partial charge in [0.15, 0.2) is 0 Å². The van der Waals surface area contributed by atoms with Crippen LogP contribution in [0, 0.1) is 11.8 Å². The molecule has 0 aromatic rings. The lowest BCUT2D eigenvalue weighted by Gasteiger charge is -2.33. The molecule has 0 radical (unpaired) electrons. The fourth-order valence-corrected chi connectivity index (χ4v) is 10.5. The van der Waals surface area contributed by atoms with Gasteiger partial charge in [-0.3, -0.25) is 14.4 Å². The highest BCUT2D eigenvalue weighted by Crippen LogP contribution is 2.24. The number of carbonyl (C=O) groups is 3. The van der Waals surface area contributed by atoms with Crippen molar-refractivity contribution in [1.29, 1.82) is 0 Å². The number of rotatable bonds is 57. The first-order valence-electron chi connectivity index (χ1n) is 32.0. The molecule has 0 spiro atoms. The maximum absolute atomic E-state index is 14.1. The Balaban J connectivity index is 5.19. The summed E-state index contributed by atoms with van der Waals surface area (Å²) in [4.78, 5) is 44.1. The molecule has 0 aromatic heterocycles. The zero-order valence-corrected chi connectivity index (χ0v) is 49.2. The topological polar surface area (TPSA) is 76.2 Å². The van der Waals surface area contributed by atoms with Gasteiger partial charge in [0.1, 0.15) is 0 Å². The summed E-state index contributed by atoms with van der Waals surface area (Å²) in [5.74, 6) is 1.43. The van der Waals surface area contributed by atoms with Gasteiger partial charge in [-0.25, -0.2) is 0 Å². The normalized spacial score (nSPS) is 12.9. The van der Waals surface area contributed by atoms with E-state index in [1.165, 1.54) is 212 Å². The summed E-state index contributed by atoms with van der Waals surface area (Å²) in [5, 5.41) is 0. The number of hydrogen-bond acceptors (Lipinski definition) is 6. The van der Waals surface area contributed by atoms with Crippen LogP contribution < -0.4 is 0 Å². The zero-order valence-electron chi connectivity index (χ0n) is 49.2. The predicted molar refractivity (Wildman–Crippen MR) is 308 cm³/mol. The highest BCUT2D eigenvalue weighted by molar-refractivity contribution is 5.76. The third kappa shape index (κ3) is 47.8. The largest absolute Gasteiger partial charge is 0.465 e. The van der Waals surface area contributed by atoms with Crippen LogP contribution in [-0.2, 0) is 23.9 Å². The van der Waals surface area contributed by atoms with Crippen molar-refractivity contribution in [3.05, 3.63) is 0 Å². The standard InChI is InChI=1S/C64H126N2O5/c1-8-13-18-21-22-23-24-25-26-31-36-44-56-66(62(67)52-43-45-55-65(6)7)61(50-39-32-27-29-34-41-53-63(68)70-57-59(46-16-11-4)48-37-19-14-9-2)51-40-33-28-30-35-42-54-64(69)71-58-60(47-17-12-5)49-38-20-15-10-3/h59-61H,8-58H2,1-7H3. The van der Waals surface area contributed by atoms with Gasteiger partial charge in [0.2, 0.25) is 5.91 Å². The van der Waals surface area contributed by atoms with Crippen molar-refractivity contribution in [2.24, 2.45) is 11.8 Å². The maximum Gasteiger partial charge on any atom is 0.305 e. The quantitative estimate of drug-likeness (QED) is 0.0446. The summed E-state index contributed by atoms with van der Waals surface area (Å²) in [6.45, 7) is 14.5. The van der Waals surface area contributed by atoms with Crippen molar-refractivity contribution in [2.75, 3.05) is 40.4 Å². The molecule has 2 atom stereocenters. The van der Waals surface area contributed by atoms with Gasteiger partial charge in [-0.1, -0.05) is 247 Å². The molecule has 0 rings (SSSR count). The third-order valence-corrected chi connectivity index (χ3v) is 15.4. The van der Waals surface area contributed by atoms with Gasteiger partial charge in [0.25, 0.3) is 0 Å². The van der Waals surface area contributed by atoms with E-state index in [1.54, 1.807) is 0 Å². The Morgan fingerprint density at radius 3 is 1.01 bits per heavy atom. The van der Waals surface area contributed by atoms with E-state index in [-0.39, 0.29) is 11.9 Å². The lowest BCUT2D eigenvalue weighted by atomic mass is 9.96. The lowest BCUT2D eigenvalue weighted by molar-refractivity contribution is -0.146. The number of esters is 2. The molecule has 0 aliphatic heterocycles. The fourth-order valence-electron chi connectivity index (χ4n) is 10.5. The molecule has 422 valence electrons. The molecule has 0 bridgehead atoms. The van der Waals surface area contributed by atoms with Crippen LogP contribution in [0.3, 0.4) is 0 Å². The van der Waals surface area contributed by atoms with E-state index >= 15 is 0 Å². The molecule has 71 heavy (non-hydrogen) atoms. The summed E-state index contributed by atoms with van der Waals surface area (Å²) >= 11 is 0. The maximum atomic E-state index is 14.1. The monoisotopic (exact) mass is 1000 g/mol. The second kappa shape index (κ2) is 54.6. The van der Waals surface area contributed by atoms with Crippen LogP contribution >= 0.6 is 0 Å². The second-order valence-corrected chi connectivity index (χ2v) is 22.8. The number of ether oxygens (including phenoxy) is 2. The van der Waals surface area contributed by atoms with E-state index in [0.717, 1.165) is 83.7 Å². The van der Waals surface area contributed by atoms with Crippen molar-refractivity contribution < 1.29 is 23.9 Å². The van der Waals surface area contributed by atoms with Gasteiger partial charge < -0.3 is 19.3 Å². The average Bonchev–Trinajstić information content (AvgIpc) is 3.36. The molecule has 2 unspecified atom stereocenters. The summed E-state index contributed by atoms with van der Waals surface area (Å²) in [6.07, 6.45) is 55.3. The first-order valence-corrected chi connectivity index (χ1v) is 32.0. The van der Waals surface area contributed by atoms with Crippen LogP contribution in [0.5, 0.6) is 0 Å². The Labute approximate surface area is 444 Å². The molecule has 0 fully saturated rings. The van der Waals surface area contributed by atoms with E-state index in [4.69, 9.17) is 9.47 Å². The molecule has 0 heterocycles. The summed E-state index contributed by atoms with van der Waals surface area (Å²) in [5.41, 5.74) is 0. The number of unbranched alkanes of at least 4 members (excludes halogenated alkanes) is 30. The molecule has 0 aliphatic carbocycles. The SMILES string of the molecule is CCCCCCCCCCCCCCN(C(=O)CCCCN(C)C)C(CCCCCCCCC(=O)OCC(CCCC)CCCCCC)CCCCCCCCC(=O)OCC(CCCC)CCCCCC. The highest BCUT2D eigenvalue weighted by Gasteiger charge is 2.23. The Morgan fingerprint density at radius 1 is 0.324 bits per heavy atom. The second-order valence-electron chi connectivity index (χ2n) is 22.8. The minimum atomic E-state index is -0.00268. The van der Waals surface area contributed by atoms with Crippen LogP contribution in [0.25, 0.3) is 0 Å². The number of amides is 1. The number of nitrogens with zero attached hydrogens (tertiary/aromatic N) is 2. The average molecular weight is 1000 g/mol. The van der Waals surface area contributed by atoms with Gasteiger partial charge in [-0.2, -0.15) is 0 Å². The minimum absolute atomic E-state index is 0.00268. The number of carbonyl (C=O) groups excluding carboxylic acids is 3. The Kier molecular flexibility index (Phi) is 53.4. The molecule has 0 aromatic carbocycles. The molecular formula is C64H126N2O5. The van der Waals surface area contributed by atoms with Gasteiger partial charge in [0, 0.05) is 31.8 Å². The summed E-state index contributed by atoms with van der Waals surface area (Å²) in [7, 11) is 4.25. The van der Waals surface area contributed by atoms with E-state index in [0.29, 0.717) is 56.3 Å². The highest BCUT2D eigenvalue weighted by atomic mass is 16.5. The summed E-state index contributed by atoms with van der Waals surface area (Å²) in [6, 6.07) is 0.328. The van der Waals surface area contributed by atoms with Gasteiger partial charge in [-0.15, -0.1) is 0 Å². The third-order valence-electron chi connectivity index (χ3n) is 15.4. The molecule has 7 nitrogen and oxygen atoms in total. The van der Waals surface area contributed by atoms with E-state index in [2.05, 4.69) is 58.5 Å². The smallest absolute Gasteiger partial charge is 0.305 e. The Bertz CT molecular complexity index is 1070. The minimum Gasteiger partial charge on any atom is -0.465 e. The Hall–Kier alpha value is -1.63. The van der Waals surface area contributed by atoms with Crippen LogP contribution in [-0.4, -0.2) is 74.1 Å². The van der Waals surface area contributed by atoms with E-state index in [1.807, 2.05) is 0 Å². The van der Waals surface area contributed by atoms with Gasteiger partial charge >= 0.3 is 11.9 Å². The Morgan fingerprint density at radius 2 is 0.620 bits per heavy atom. The number of hydrogen-bond donors (Lipinski definition) is 0. The molecule has 7 heteroatoms. The lowest BCUT2D eigenvalue weighted by Crippen LogP contribution is -2.41. The molecular weight excluding hydrogens is 877 g/mol. The van der Waals surface area contributed by atoms with Crippen molar-refractivity contribution >= 4 is 17.8 Å². The molecule has 0 aliphatic rings. The first kappa shape index (κ1) is 69.4. The van der Waals surface area contributed by atoms with Crippen LogP contribution in [0.4, 0.5) is 0 Å². The molecule has 1 amide bonds. The van der Waals surface area contributed by atoms with Crippen molar-refractivity contribution in [1.82, 2.24) is 9.80 Å². The summed E-state index contributed by atoms with van der Waals surface area (Å²) < 4.78 is 11.6. The zero-order chi connectivity index (χ0) is 52.1. The van der Waals surface area contributed by atoms with E-state index in [9.17, 15) is 14.4 Å². The van der Waals surface area contributed by atoms with Gasteiger partial charge in [-0.05, 0) is 103 Å². The van der Waals surface area contributed by atoms with Crippen LogP contribution in [0.1, 0.15) is 336 Å². The molecule has 0 saturated carbocycles. The van der Waals surface area contributed by atoms with Crippen molar-refractivity contribution in [3.8, 4) is 0 Å². The van der Waals surface area contributed by atoms with E-state index < -0.39 is 0 Å². The molecule has 0 saturated heterocycles. The van der Waals surface area contributed by atoms with Crippen molar-refractivity contribution in [2.45, 2.75) is 342 Å². The van der Waals surface area contributed by atoms with Crippen molar-refractivity contribution in [3.63, 3.8) is 0 Å². The molecule has 0 N–H and O–H groups in total. The first-order chi connectivity index (χ1) is 34.7. The fraction of sp³-hybridized carbons (Fsp3) is 0.953. The van der Waals surface area contributed by atoms with Gasteiger partial charge in [0.05, 0.1) is 13.2 Å². The predicted octanol–water partition coefficient (Wildman–Crippen LogP) is 19.5.